The van der Waals surface area contributed by atoms with Crippen LogP contribution in [0.4, 0.5) is 0 Å². The molecule has 1 aromatic heterocycles. The Bertz CT molecular complexity index is 691. The SMILES string of the molecule is COc1cccc(-n2nc(C)c3c2C(C(=O)O)CCC3)c1. The summed E-state index contributed by atoms with van der Waals surface area (Å²) in [5.74, 6) is -0.529. The second kappa shape index (κ2) is 5.24. The average molecular weight is 286 g/mol. The highest BCUT2D eigenvalue weighted by Crippen LogP contribution is 2.35. The number of aryl methyl sites for hydroxylation is 1. The number of hydrogen-bond acceptors (Lipinski definition) is 3. The number of benzene rings is 1. The van der Waals surface area contributed by atoms with Gasteiger partial charge in [0.2, 0.25) is 0 Å². The monoisotopic (exact) mass is 286 g/mol. The van der Waals surface area contributed by atoms with Crippen molar-refractivity contribution in [3.63, 3.8) is 0 Å². The Kier molecular flexibility index (Phi) is 3.41. The normalized spacial score (nSPS) is 17.3. The van der Waals surface area contributed by atoms with E-state index < -0.39 is 11.9 Å². The molecule has 0 radical (unpaired) electrons. The minimum absolute atomic E-state index is 0.485. The molecule has 0 amide bonds. The molecule has 0 fully saturated rings. The van der Waals surface area contributed by atoms with Crippen LogP contribution in [0.3, 0.4) is 0 Å². The predicted octanol–water partition coefficient (Wildman–Crippen LogP) is 2.69. The summed E-state index contributed by atoms with van der Waals surface area (Å²) in [6.07, 6.45) is 2.46. The molecule has 110 valence electrons. The van der Waals surface area contributed by atoms with Crippen molar-refractivity contribution in [1.82, 2.24) is 9.78 Å². The van der Waals surface area contributed by atoms with Crippen LogP contribution in [0.15, 0.2) is 24.3 Å². The fourth-order valence-electron chi connectivity index (χ4n) is 3.04. The van der Waals surface area contributed by atoms with E-state index in [-0.39, 0.29) is 0 Å². The average Bonchev–Trinajstić information content (AvgIpc) is 2.84. The van der Waals surface area contributed by atoms with E-state index in [1.165, 1.54) is 0 Å². The number of carboxylic acids is 1. The lowest BCUT2D eigenvalue weighted by Gasteiger charge is -2.21. The van der Waals surface area contributed by atoms with Gasteiger partial charge in [-0.1, -0.05) is 6.07 Å². The lowest BCUT2D eigenvalue weighted by molar-refractivity contribution is -0.139. The topological polar surface area (TPSA) is 64.4 Å². The number of carboxylic acid groups (broad SMARTS) is 1. The maximum absolute atomic E-state index is 11.6. The number of aliphatic carboxylic acids is 1. The number of hydrogen-bond donors (Lipinski definition) is 1. The number of ether oxygens (including phenoxy) is 1. The van der Waals surface area contributed by atoms with Crippen molar-refractivity contribution in [3.05, 3.63) is 41.2 Å². The van der Waals surface area contributed by atoms with E-state index in [0.717, 1.165) is 41.2 Å². The molecule has 0 aliphatic heterocycles. The fraction of sp³-hybridized carbons (Fsp3) is 0.375. The zero-order chi connectivity index (χ0) is 15.0. The van der Waals surface area contributed by atoms with Crippen LogP contribution in [0.2, 0.25) is 0 Å². The number of rotatable bonds is 3. The third-order valence-electron chi connectivity index (χ3n) is 4.07. The summed E-state index contributed by atoms with van der Waals surface area (Å²) in [6, 6.07) is 7.54. The Labute approximate surface area is 123 Å². The van der Waals surface area contributed by atoms with Gasteiger partial charge in [-0.15, -0.1) is 0 Å². The van der Waals surface area contributed by atoms with Gasteiger partial charge in [0.1, 0.15) is 5.75 Å². The van der Waals surface area contributed by atoms with E-state index >= 15 is 0 Å². The number of nitrogens with zero attached hydrogens (tertiary/aromatic N) is 2. The first-order valence-corrected chi connectivity index (χ1v) is 7.07. The molecule has 21 heavy (non-hydrogen) atoms. The summed E-state index contributed by atoms with van der Waals surface area (Å²) >= 11 is 0. The Morgan fingerprint density at radius 1 is 1.48 bits per heavy atom. The molecule has 5 heteroatoms. The van der Waals surface area contributed by atoms with Gasteiger partial charge in [0.25, 0.3) is 0 Å². The minimum Gasteiger partial charge on any atom is -0.497 e. The first-order chi connectivity index (χ1) is 10.1. The number of carbonyl (C=O) groups is 1. The van der Waals surface area contributed by atoms with Gasteiger partial charge in [-0.3, -0.25) is 4.79 Å². The second-order valence-electron chi connectivity index (χ2n) is 5.35. The molecule has 1 aliphatic carbocycles. The minimum atomic E-state index is -0.778. The summed E-state index contributed by atoms with van der Waals surface area (Å²) < 4.78 is 7.01. The van der Waals surface area contributed by atoms with E-state index in [1.54, 1.807) is 11.8 Å². The van der Waals surface area contributed by atoms with E-state index in [4.69, 9.17) is 4.74 Å². The van der Waals surface area contributed by atoms with Crippen LogP contribution < -0.4 is 4.74 Å². The van der Waals surface area contributed by atoms with E-state index in [2.05, 4.69) is 5.10 Å². The number of fused-ring (bicyclic) bond motifs is 1. The first kappa shape index (κ1) is 13.7. The quantitative estimate of drug-likeness (QED) is 0.942. The fourth-order valence-corrected chi connectivity index (χ4v) is 3.04. The molecule has 1 aliphatic rings. The molecular weight excluding hydrogens is 268 g/mol. The largest absolute Gasteiger partial charge is 0.497 e. The van der Waals surface area contributed by atoms with Crippen LogP contribution in [0.5, 0.6) is 5.75 Å². The van der Waals surface area contributed by atoms with Gasteiger partial charge < -0.3 is 9.84 Å². The van der Waals surface area contributed by atoms with Crippen molar-refractivity contribution in [3.8, 4) is 11.4 Å². The Balaban J connectivity index is 2.17. The molecule has 0 spiro atoms. The Hall–Kier alpha value is -2.30. The molecule has 0 saturated heterocycles. The number of methoxy groups -OCH3 is 1. The van der Waals surface area contributed by atoms with Crippen molar-refractivity contribution < 1.29 is 14.6 Å². The van der Waals surface area contributed by atoms with Crippen LogP contribution in [0.25, 0.3) is 5.69 Å². The van der Waals surface area contributed by atoms with Crippen molar-refractivity contribution in [2.45, 2.75) is 32.1 Å². The highest BCUT2D eigenvalue weighted by atomic mass is 16.5. The molecule has 3 rings (SSSR count). The van der Waals surface area contributed by atoms with Gasteiger partial charge in [0.15, 0.2) is 0 Å². The molecule has 1 N–H and O–H groups in total. The molecule has 0 bridgehead atoms. The van der Waals surface area contributed by atoms with Gasteiger partial charge in [-0.2, -0.15) is 5.10 Å². The highest BCUT2D eigenvalue weighted by Gasteiger charge is 2.32. The third-order valence-corrected chi connectivity index (χ3v) is 4.07. The zero-order valence-electron chi connectivity index (χ0n) is 12.2. The molecule has 2 aromatic rings. The van der Waals surface area contributed by atoms with Crippen LogP contribution in [-0.4, -0.2) is 28.0 Å². The van der Waals surface area contributed by atoms with Crippen LogP contribution >= 0.6 is 0 Å². The predicted molar refractivity (Wildman–Crippen MR) is 78.2 cm³/mol. The van der Waals surface area contributed by atoms with Crippen molar-refractivity contribution in [2.75, 3.05) is 7.11 Å². The number of aromatic nitrogens is 2. The molecule has 0 saturated carbocycles. The summed E-state index contributed by atoms with van der Waals surface area (Å²) in [6.45, 7) is 1.94. The summed E-state index contributed by atoms with van der Waals surface area (Å²) in [5, 5.41) is 14.1. The van der Waals surface area contributed by atoms with Gasteiger partial charge in [-0.25, -0.2) is 4.68 Å². The maximum Gasteiger partial charge on any atom is 0.312 e. The Morgan fingerprint density at radius 3 is 3.00 bits per heavy atom. The standard InChI is InChI=1S/C16H18N2O3/c1-10-13-7-4-8-14(16(19)20)15(13)18(17-10)11-5-3-6-12(9-11)21-2/h3,5-6,9,14H,4,7-8H2,1-2H3,(H,19,20). The third kappa shape index (κ3) is 2.28. The summed E-state index contributed by atoms with van der Waals surface area (Å²) in [5.41, 5.74) is 3.65. The van der Waals surface area contributed by atoms with Gasteiger partial charge in [-0.05, 0) is 43.9 Å². The summed E-state index contributed by atoms with van der Waals surface area (Å²) in [4.78, 5) is 11.6. The van der Waals surface area contributed by atoms with Crippen molar-refractivity contribution in [1.29, 1.82) is 0 Å². The van der Waals surface area contributed by atoms with Gasteiger partial charge in [0.05, 0.1) is 30.1 Å². The highest BCUT2D eigenvalue weighted by molar-refractivity contribution is 5.77. The molecule has 1 aromatic carbocycles. The molecular formula is C16H18N2O3. The lowest BCUT2D eigenvalue weighted by Crippen LogP contribution is -2.21. The van der Waals surface area contributed by atoms with E-state index in [9.17, 15) is 9.90 Å². The zero-order valence-corrected chi connectivity index (χ0v) is 12.2. The molecule has 1 heterocycles. The molecule has 1 atom stereocenters. The smallest absolute Gasteiger partial charge is 0.312 e. The summed E-state index contributed by atoms with van der Waals surface area (Å²) in [7, 11) is 1.61. The van der Waals surface area contributed by atoms with Gasteiger partial charge in [0, 0.05) is 6.07 Å². The van der Waals surface area contributed by atoms with Crippen molar-refractivity contribution in [2.24, 2.45) is 0 Å². The first-order valence-electron chi connectivity index (χ1n) is 7.07. The van der Waals surface area contributed by atoms with Gasteiger partial charge >= 0.3 is 5.97 Å². The van der Waals surface area contributed by atoms with Crippen LogP contribution in [0.1, 0.15) is 35.7 Å². The van der Waals surface area contributed by atoms with Crippen LogP contribution in [-0.2, 0) is 11.2 Å². The molecule has 5 nitrogen and oxygen atoms in total. The maximum atomic E-state index is 11.6. The van der Waals surface area contributed by atoms with Crippen LogP contribution in [0, 0.1) is 6.92 Å². The molecule has 1 unspecified atom stereocenters. The second-order valence-corrected chi connectivity index (χ2v) is 5.35. The van der Waals surface area contributed by atoms with E-state index in [1.807, 2.05) is 31.2 Å². The van der Waals surface area contributed by atoms with E-state index in [0.29, 0.717) is 6.42 Å². The van der Waals surface area contributed by atoms with Crippen molar-refractivity contribution >= 4 is 5.97 Å². The Morgan fingerprint density at radius 2 is 2.29 bits per heavy atom. The lowest BCUT2D eigenvalue weighted by atomic mass is 9.86.